The van der Waals surface area contributed by atoms with Crippen LogP contribution in [0.3, 0.4) is 0 Å². The van der Waals surface area contributed by atoms with E-state index in [2.05, 4.69) is 28.5 Å². The predicted octanol–water partition coefficient (Wildman–Crippen LogP) is 5.29. The number of nitrogens with one attached hydrogen (secondary N) is 2. The van der Waals surface area contributed by atoms with E-state index in [0.29, 0.717) is 22.8 Å². The summed E-state index contributed by atoms with van der Waals surface area (Å²) >= 11 is 1.63. The van der Waals surface area contributed by atoms with Gasteiger partial charge in [-0.25, -0.2) is 4.98 Å². The first-order valence-electron chi connectivity index (χ1n) is 9.71. The molecule has 0 saturated carbocycles. The van der Waals surface area contributed by atoms with Gasteiger partial charge in [-0.3, -0.25) is 4.79 Å². The summed E-state index contributed by atoms with van der Waals surface area (Å²) in [7, 11) is 1.82. The van der Waals surface area contributed by atoms with E-state index in [1.54, 1.807) is 22.0 Å². The number of hydrogen-bond acceptors (Lipinski definition) is 5. The average Bonchev–Trinajstić information content (AvgIpc) is 3.36. The number of para-hydroxylation sites is 2. The molecule has 0 unspecified atom stereocenters. The van der Waals surface area contributed by atoms with Gasteiger partial charge in [0.25, 0.3) is 5.91 Å². The van der Waals surface area contributed by atoms with E-state index >= 15 is 0 Å². The lowest BCUT2D eigenvalue weighted by molar-refractivity contribution is 0.101. The van der Waals surface area contributed by atoms with Crippen LogP contribution in [0.2, 0.25) is 0 Å². The van der Waals surface area contributed by atoms with Crippen LogP contribution in [0.15, 0.2) is 66.7 Å². The van der Waals surface area contributed by atoms with Crippen molar-refractivity contribution in [1.82, 2.24) is 9.55 Å². The molecule has 0 atom stereocenters. The lowest BCUT2D eigenvalue weighted by Gasteiger charge is -2.12. The van der Waals surface area contributed by atoms with E-state index in [1.165, 1.54) is 6.21 Å². The van der Waals surface area contributed by atoms with Gasteiger partial charge in [0.15, 0.2) is 5.82 Å². The molecule has 7 heteroatoms. The second-order valence-electron chi connectivity index (χ2n) is 7.26. The highest BCUT2D eigenvalue weighted by atomic mass is 32.1. The molecule has 152 valence electrons. The number of nitrogen functional groups attached to an aromatic ring is 1. The van der Waals surface area contributed by atoms with Crippen LogP contribution in [0.4, 0.5) is 11.4 Å². The van der Waals surface area contributed by atoms with Crippen LogP contribution >= 0.6 is 11.3 Å². The quantitative estimate of drug-likeness (QED) is 0.270. The molecule has 3 aromatic carbocycles. The second-order valence-corrected chi connectivity index (χ2v) is 8.34. The van der Waals surface area contributed by atoms with Crippen molar-refractivity contribution < 1.29 is 4.79 Å². The van der Waals surface area contributed by atoms with Gasteiger partial charge in [0.05, 0.1) is 11.0 Å². The molecular formula is C24H19N5OS. The molecule has 2 aromatic heterocycles. The summed E-state index contributed by atoms with van der Waals surface area (Å²) in [5.74, 6) is -0.000433. The molecule has 4 N–H and O–H groups in total. The Morgan fingerprint density at radius 2 is 1.90 bits per heavy atom. The Labute approximate surface area is 182 Å². The smallest absolute Gasteiger partial charge is 0.291 e. The summed E-state index contributed by atoms with van der Waals surface area (Å²) in [5.41, 5.74) is 10.4. The highest BCUT2D eigenvalue weighted by molar-refractivity contribution is 7.22. The van der Waals surface area contributed by atoms with Crippen molar-refractivity contribution in [3.8, 4) is 10.4 Å². The molecule has 0 aliphatic rings. The molecule has 0 aliphatic carbocycles. The van der Waals surface area contributed by atoms with Gasteiger partial charge >= 0.3 is 0 Å². The number of carbonyl (C=O) groups excluding carboxylic acids is 1. The third kappa shape index (κ3) is 3.25. The monoisotopic (exact) mass is 425 g/mol. The molecule has 2 heterocycles. The van der Waals surface area contributed by atoms with Crippen molar-refractivity contribution >= 4 is 56.0 Å². The van der Waals surface area contributed by atoms with E-state index in [0.717, 1.165) is 31.6 Å². The number of amides is 1. The van der Waals surface area contributed by atoms with Gasteiger partial charge in [-0.05, 0) is 41.8 Å². The van der Waals surface area contributed by atoms with Gasteiger partial charge in [-0.15, -0.1) is 11.3 Å². The van der Waals surface area contributed by atoms with Crippen LogP contribution < -0.4 is 11.1 Å². The Kier molecular flexibility index (Phi) is 4.52. The number of carbonyl (C=O) groups is 1. The topological polar surface area (TPSA) is 96.8 Å². The van der Waals surface area contributed by atoms with Crippen molar-refractivity contribution in [3.63, 3.8) is 0 Å². The first kappa shape index (κ1) is 19.0. The molecule has 31 heavy (non-hydrogen) atoms. The van der Waals surface area contributed by atoms with Gasteiger partial charge in [-0.1, -0.05) is 30.3 Å². The highest BCUT2D eigenvalue weighted by Gasteiger charge is 2.18. The van der Waals surface area contributed by atoms with E-state index in [-0.39, 0.29) is 5.91 Å². The van der Waals surface area contributed by atoms with Crippen LogP contribution in [-0.4, -0.2) is 21.7 Å². The number of rotatable bonds is 4. The fraction of sp³-hybridized carbons (Fsp3) is 0.0417. The van der Waals surface area contributed by atoms with Crippen LogP contribution in [-0.2, 0) is 7.05 Å². The Hall–Kier alpha value is -3.97. The zero-order chi connectivity index (χ0) is 21.5. The molecule has 0 aliphatic heterocycles. The summed E-state index contributed by atoms with van der Waals surface area (Å²) in [6.45, 7) is 0. The van der Waals surface area contributed by atoms with Gasteiger partial charge < -0.3 is 21.0 Å². The molecule has 1 amide bonds. The molecule has 0 radical (unpaired) electrons. The number of aromatic nitrogens is 2. The molecule has 0 spiro atoms. The van der Waals surface area contributed by atoms with Crippen LogP contribution in [0.25, 0.3) is 31.6 Å². The average molecular weight is 426 g/mol. The van der Waals surface area contributed by atoms with E-state index in [4.69, 9.17) is 11.1 Å². The van der Waals surface area contributed by atoms with Crippen molar-refractivity contribution in [2.24, 2.45) is 7.05 Å². The number of thiophene rings is 1. The number of aryl methyl sites for hydroxylation is 1. The van der Waals surface area contributed by atoms with Gasteiger partial charge in [0.1, 0.15) is 0 Å². The summed E-state index contributed by atoms with van der Waals surface area (Å²) in [4.78, 5) is 18.4. The van der Waals surface area contributed by atoms with Gasteiger partial charge in [-0.2, -0.15) is 0 Å². The lowest BCUT2D eigenvalue weighted by atomic mass is 10.0. The summed E-state index contributed by atoms with van der Waals surface area (Å²) < 4.78 is 2.93. The zero-order valence-electron chi connectivity index (χ0n) is 16.7. The molecular weight excluding hydrogens is 406 g/mol. The second kappa shape index (κ2) is 7.37. The molecule has 0 fully saturated rings. The predicted molar refractivity (Wildman–Crippen MR) is 128 cm³/mol. The fourth-order valence-corrected chi connectivity index (χ4v) is 4.81. The Balaban J connectivity index is 1.56. The number of benzene rings is 3. The van der Waals surface area contributed by atoms with Gasteiger partial charge in [0.2, 0.25) is 0 Å². The molecule has 0 bridgehead atoms. The largest absolute Gasteiger partial charge is 0.398 e. The fourth-order valence-electron chi connectivity index (χ4n) is 3.72. The molecule has 5 rings (SSSR count). The Morgan fingerprint density at radius 3 is 2.68 bits per heavy atom. The summed E-state index contributed by atoms with van der Waals surface area (Å²) in [5, 5.41) is 11.8. The molecule has 6 nitrogen and oxygen atoms in total. The SMILES string of the molecule is Cn1c(C(=O)Nc2cc(C=N)c(N)c(-c3cc4ccccc4s3)c2)nc2ccccc21. The van der Waals surface area contributed by atoms with Crippen LogP contribution in [0.1, 0.15) is 16.2 Å². The minimum atomic E-state index is -0.318. The number of nitrogens with zero attached hydrogens (tertiary/aromatic N) is 2. The number of hydrogen-bond donors (Lipinski definition) is 3. The van der Waals surface area contributed by atoms with Crippen molar-refractivity contribution in [2.45, 2.75) is 0 Å². The maximum atomic E-state index is 13.0. The first-order valence-corrected chi connectivity index (χ1v) is 10.5. The first-order chi connectivity index (χ1) is 15.0. The number of nitrogens with two attached hydrogens (primary N) is 1. The van der Waals surface area contributed by atoms with Gasteiger partial charge in [0, 0.05) is 45.3 Å². The Bertz CT molecular complexity index is 1450. The van der Waals surface area contributed by atoms with Crippen molar-refractivity contribution in [2.75, 3.05) is 11.1 Å². The third-order valence-corrected chi connectivity index (χ3v) is 6.46. The molecule has 0 saturated heterocycles. The van der Waals surface area contributed by atoms with E-state index in [9.17, 15) is 4.79 Å². The minimum Gasteiger partial charge on any atom is -0.398 e. The summed E-state index contributed by atoms with van der Waals surface area (Å²) in [6, 6.07) is 21.4. The van der Waals surface area contributed by atoms with Crippen molar-refractivity contribution in [3.05, 3.63) is 78.1 Å². The normalized spacial score (nSPS) is 11.1. The van der Waals surface area contributed by atoms with Crippen molar-refractivity contribution in [1.29, 1.82) is 5.41 Å². The third-order valence-electron chi connectivity index (χ3n) is 5.31. The standard InChI is InChI=1S/C24H19N5OS/c1-29-19-8-4-3-7-18(19)28-23(29)24(30)27-16-10-15(13-25)22(26)17(12-16)21-11-14-6-2-5-9-20(14)31-21/h2-13,25H,26H2,1H3,(H,27,30). The highest BCUT2D eigenvalue weighted by Crippen LogP contribution is 2.39. The van der Waals surface area contributed by atoms with Crippen LogP contribution in [0.5, 0.6) is 0 Å². The lowest BCUT2D eigenvalue weighted by Crippen LogP contribution is -2.17. The van der Waals surface area contributed by atoms with Crippen LogP contribution in [0, 0.1) is 5.41 Å². The minimum absolute atomic E-state index is 0.317. The number of fused-ring (bicyclic) bond motifs is 2. The number of anilines is 2. The maximum Gasteiger partial charge on any atom is 0.291 e. The van der Waals surface area contributed by atoms with E-state index in [1.807, 2.05) is 49.5 Å². The maximum absolute atomic E-state index is 13.0. The Morgan fingerprint density at radius 1 is 1.13 bits per heavy atom. The molecule has 5 aromatic rings. The summed E-state index contributed by atoms with van der Waals surface area (Å²) in [6.07, 6.45) is 1.21. The number of imidazole rings is 1. The van der Waals surface area contributed by atoms with E-state index < -0.39 is 0 Å². The zero-order valence-corrected chi connectivity index (χ0v) is 17.5.